The minimum absolute atomic E-state index is 0.210. The molecule has 1 amide bonds. The zero-order valence-electron chi connectivity index (χ0n) is 11.3. The molecular weight excluding hydrogens is 256 g/mol. The number of aromatic nitrogens is 1. The molecule has 20 heavy (non-hydrogen) atoms. The number of hydrogen-bond donors (Lipinski definition) is 1. The minimum Gasteiger partial charge on any atom is -0.454 e. The van der Waals surface area contributed by atoms with Gasteiger partial charge in [0.2, 0.25) is 6.79 Å². The van der Waals surface area contributed by atoms with Crippen molar-refractivity contribution in [3.05, 3.63) is 41.1 Å². The largest absolute Gasteiger partial charge is 0.454 e. The van der Waals surface area contributed by atoms with E-state index in [0.29, 0.717) is 22.8 Å². The van der Waals surface area contributed by atoms with Gasteiger partial charge >= 0.3 is 0 Å². The lowest BCUT2D eigenvalue weighted by Crippen LogP contribution is -2.15. The van der Waals surface area contributed by atoms with Crippen molar-refractivity contribution < 1.29 is 14.3 Å². The van der Waals surface area contributed by atoms with E-state index in [9.17, 15) is 4.79 Å². The van der Waals surface area contributed by atoms with Crippen LogP contribution in [0.3, 0.4) is 0 Å². The van der Waals surface area contributed by atoms with Crippen molar-refractivity contribution in [1.82, 2.24) is 4.98 Å². The van der Waals surface area contributed by atoms with E-state index in [0.717, 1.165) is 16.8 Å². The zero-order chi connectivity index (χ0) is 14.3. The fourth-order valence-electron chi connectivity index (χ4n) is 2.40. The molecule has 1 aromatic heterocycles. The molecule has 5 nitrogen and oxygen atoms in total. The number of pyridine rings is 1. The summed E-state index contributed by atoms with van der Waals surface area (Å²) in [6.45, 7) is 3.95. The molecule has 0 radical (unpaired) electrons. The van der Waals surface area contributed by atoms with Gasteiger partial charge in [0.1, 0.15) is 0 Å². The number of hydrogen-bond acceptors (Lipinski definition) is 4. The molecule has 2 N–H and O–H groups in total. The van der Waals surface area contributed by atoms with Gasteiger partial charge in [-0.15, -0.1) is 0 Å². The van der Waals surface area contributed by atoms with Crippen molar-refractivity contribution in [2.45, 2.75) is 13.8 Å². The molecule has 2 aromatic rings. The van der Waals surface area contributed by atoms with Crippen LogP contribution in [0.2, 0.25) is 0 Å². The molecular formula is C15H14N2O3. The minimum atomic E-state index is -0.484. The summed E-state index contributed by atoms with van der Waals surface area (Å²) in [7, 11) is 0. The fourth-order valence-corrected chi connectivity index (χ4v) is 2.40. The molecule has 1 aromatic carbocycles. The highest BCUT2D eigenvalue weighted by molar-refractivity contribution is 6.00. The molecule has 0 saturated heterocycles. The van der Waals surface area contributed by atoms with Crippen LogP contribution in [0.5, 0.6) is 11.5 Å². The maximum Gasteiger partial charge on any atom is 0.251 e. The Labute approximate surface area is 116 Å². The van der Waals surface area contributed by atoms with Crippen molar-refractivity contribution >= 4 is 5.91 Å². The van der Waals surface area contributed by atoms with Gasteiger partial charge in [0, 0.05) is 11.3 Å². The molecule has 1 aliphatic rings. The summed E-state index contributed by atoms with van der Waals surface area (Å²) in [6, 6.07) is 7.31. The van der Waals surface area contributed by atoms with Crippen molar-refractivity contribution in [3.63, 3.8) is 0 Å². The summed E-state index contributed by atoms with van der Waals surface area (Å²) in [5.74, 6) is 0.861. The van der Waals surface area contributed by atoms with Crippen LogP contribution in [0.4, 0.5) is 0 Å². The van der Waals surface area contributed by atoms with E-state index in [1.165, 1.54) is 0 Å². The van der Waals surface area contributed by atoms with E-state index in [-0.39, 0.29) is 6.79 Å². The monoisotopic (exact) mass is 270 g/mol. The molecule has 0 aliphatic carbocycles. The van der Waals surface area contributed by atoms with Gasteiger partial charge in [-0.2, -0.15) is 0 Å². The highest BCUT2D eigenvalue weighted by Crippen LogP contribution is 2.36. The number of ether oxygens (including phenoxy) is 2. The summed E-state index contributed by atoms with van der Waals surface area (Å²) in [6.07, 6.45) is 0. The first-order valence-electron chi connectivity index (χ1n) is 6.24. The molecule has 0 unspecified atom stereocenters. The number of aryl methyl sites for hydroxylation is 2. The smallest absolute Gasteiger partial charge is 0.251 e. The number of primary amides is 1. The third-order valence-corrected chi connectivity index (χ3v) is 3.24. The number of benzene rings is 1. The summed E-state index contributed by atoms with van der Waals surface area (Å²) in [4.78, 5) is 16.1. The number of carbonyl (C=O) groups is 1. The lowest BCUT2D eigenvalue weighted by Gasteiger charge is -2.11. The van der Waals surface area contributed by atoms with Crippen LogP contribution in [-0.2, 0) is 0 Å². The van der Waals surface area contributed by atoms with Gasteiger partial charge in [0.25, 0.3) is 5.91 Å². The maximum atomic E-state index is 11.7. The number of nitrogens with zero attached hydrogens (tertiary/aromatic N) is 1. The van der Waals surface area contributed by atoms with Crippen molar-refractivity contribution in [1.29, 1.82) is 0 Å². The van der Waals surface area contributed by atoms with Crippen LogP contribution in [0.25, 0.3) is 11.3 Å². The van der Waals surface area contributed by atoms with E-state index >= 15 is 0 Å². The Balaban J connectivity index is 2.21. The van der Waals surface area contributed by atoms with E-state index < -0.39 is 5.91 Å². The average Bonchev–Trinajstić information content (AvgIpc) is 2.84. The number of rotatable bonds is 2. The van der Waals surface area contributed by atoms with Gasteiger partial charge in [-0.25, -0.2) is 0 Å². The maximum absolute atomic E-state index is 11.7. The Morgan fingerprint density at radius 1 is 1.20 bits per heavy atom. The number of fused-ring (bicyclic) bond motifs is 1. The van der Waals surface area contributed by atoms with Gasteiger partial charge in [-0.05, 0) is 43.7 Å². The Hall–Kier alpha value is -2.56. The fraction of sp³-hybridized carbons (Fsp3) is 0.200. The first kappa shape index (κ1) is 12.5. The first-order chi connectivity index (χ1) is 9.56. The standard InChI is InChI=1S/C15H14N2O3/c1-8-5-9(2)17-14(13(8)15(16)18)10-3-4-11-12(6-10)20-7-19-11/h3-6H,7H2,1-2H3,(H2,16,18). The van der Waals surface area contributed by atoms with Crippen LogP contribution < -0.4 is 15.2 Å². The molecule has 3 rings (SSSR count). The molecule has 0 spiro atoms. The predicted octanol–water partition coefficient (Wildman–Crippen LogP) is 2.19. The Morgan fingerprint density at radius 3 is 2.70 bits per heavy atom. The molecule has 1 aliphatic heterocycles. The predicted molar refractivity (Wildman–Crippen MR) is 73.8 cm³/mol. The normalized spacial score (nSPS) is 12.5. The third kappa shape index (κ3) is 1.97. The quantitative estimate of drug-likeness (QED) is 0.907. The van der Waals surface area contributed by atoms with Gasteiger partial charge in [0.15, 0.2) is 11.5 Å². The Kier molecular flexibility index (Phi) is 2.82. The average molecular weight is 270 g/mol. The SMILES string of the molecule is Cc1cc(C)c(C(N)=O)c(-c2ccc3c(c2)OCO3)n1. The van der Waals surface area contributed by atoms with Crippen molar-refractivity contribution in [2.24, 2.45) is 5.73 Å². The van der Waals surface area contributed by atoms with Crippen LogP contribution in [0.1, 0.15) is 21.6 Å². The Morgan fingerprint density at radius 2 is 1.95 bits per heavy atom. The van der Waals surface area contributed by atoms with Gasteiger partial charge < -0.3 is 15.2 Å². The van der Waals surface area contributed by atoms with Crippen LogP contribution in [0.15, 0.2) is 24.3 Å². The molecule has 0 saturated carbocycles. The lowest BCUT2D eigenvalue weighted by molar-refractivity contribution is 0.1000. The molecule has 0 bridgehead atoms. The van der Waals surface area contributed by atoms with Crippen molar-refractivity contribution in [2.75, 3.05) is 6.79 Å². The highest BCUT2D eigenvalue weighted by Gasteiger charge is 2.19. The van der Waals surface area contributed by atoms with E-state index in [1.54, 1.807) is 0 Å². The third-order valence-electron chi connectivity index (χ3n) is 3.24. The summed E-state index contributed by atoms with van der Waals surface area (Å²) >= 11 is 0. The molecule has 2 heterocycles. The summed E-state index contributed by atoms with van der Waals surface area (Å²) in [5.41, 5.74) is 8.93. The Bertz CT molecular complexity index is 711. The number of carbonyl (C=O) groups excluding carboxylic acids is 1. The number of amides is 1. The van der Waals surface area contributed by atoms with Crippen LogP contribution in [0, 0.1) is 13.8 Å². The van der Waals surface area contributed by atoms with E-state index in [1.807, 2.05) is 38.1 Å². The second-order valence-electron chi connectivity index (χ2n) is 4.74. The summed E-state index contributed by atoms with van der Waals surface area (Å²) in [5, 5.41) is 0. The van der Waals surface area contributed by atoms with Gasteiger partial charge in [-0.1, -0.05) is 0 Å². The van der Waals surface area contributed by atoms with E-state index in [2.05, 4.69) is 4.98 Å². The van der Waals surface area contributed by atoms with Crippen LogP contribution >= 0.6 is 0 Å². The number of nitrogens with two attached hydrogens (primary N) is 1. The zero-order valence-corrected chi connectivity index (χ0v) is 11.3. The van der Waals surface area contributed by atoms with E-state index in [4.69, 9.17) is 15.2 Å². The molecule has 0 atom stereocenters. The second-order valence-corrected chi connectivity index (χ2v) is 4.74. The lowest BCUT2D eigenvalue weighted by atomic mass is 10.00. The molecule has 102 valence electrons. The molecule has 0 fully saturated rings. The highest BCUT2D eigenvalue weighted by atomic mass is 16.7. The van der Waals surface area contributed by atoms with Crippen LogP contribution in [-0.4, -0.2) is 17.7 Å². The van der Waals surface area contributed by atoms with Gasteiger partial charge in [-0.3, -0.25) is 9.78 Å². The second kappa shape index (κ2) is 4.52. The molecule has 5 heteroatoms. The van der Waals surface area contributed by atoms with Crippen molar-refractivity contribution in [3.8, 4) is 22.8 Å². The van der Waals surface area contributed by atoms with Gasteiger partial charge in [0.05, 0.1) is 11.3 Å². The summed E-state index contributed by atoms with van der Waals surface area (Å²) < 4.78 is 10.6. The first-order valence-corrected chi connectivity index (χ1v) is 6.24. The topological polar surface area (TPSA) is 74.4 Å².